The lowest BCUT2D eigenvalue weighted by Gasteiger charge is -2.04. The Morgan fingerprint density at radius 1 is 0.548 bits per heavy atom. The lowest BCUT2D eigenvalue weighted by atomic mass is 10.1. The molecule has 2 aliphatic carbocycles. The number of rotatable bonds is 6. The number of hydrogen-bond donors (Lipinski definition) is 4. The summed E-state index contributed by atoms with van der Waals surface area (Å²) in [5.74, 6) is 1.47. The Kier molecular flexibility index (Phi) is 6.25. The largest absolute Gasteiger partial charge is 0.361 e. The third-order valence-electron chi connectivity index (χ3n) is 7.02. The van der Waals surface area contributed by atoms with Gasteiger partial charge in [-0.3, -0.25) is 9.59 Å². The molecule has 202 valence electrons. The molecule has 2 aromatic heterocycles. The van der Waals surface area contributed by atoms with Crippen molar-refractivity contribution in [2.45, 2.75) is 0 Å². The van der Waals surface area contributed by atoms with E-state index in [9.17, 15) is 9.59 Å². The zero-order valence-electron chi connectivity index (χ0n) is 22.3. The van der Waals surface area contributed by atoms with Crippen molar-refractivity contribution in [3.8, 4) is 22.8 Å². The van der Waals surface area contributed by atoms with Crippen molar-refractivity contribution in [1.29, 1.82) is 0 Å². The molecule has 0 bridgehead atoms. The van der Waals surface area contributed by atoms with Gasteiger partial charge in [-0.05, 0) is 60.7 Å². The minimum Gasteiger partial charge on any atom is -0.361 e. The maximum Gasteiger partial charge on any atom is 0.187 e. The van der Waals surface area contributed by atoms with E-state index in [0.29, 0.717) is 11.1 Å². The van der Waals surface area contributed by atoms with Crippen LogP contribution in [0.2, 0.25) is 0 Å². The third-order valence-corrected chi connectivity index (χ3v) is 7.02. The van der Waals surface area contributed by atoms with Gasteiger partial charge in [0.1, 0.15) is 11.6 Å². The fourth-order valence-electron chi connectivity index (χ4n) is 4.78. The molecule has 0 atom stereocenters. The van der Waals surface area contributed by atoms with Crippen LogP contribution in [0.4, 0.5) is 11.4 Å². The Balaban J connectivity index is 1.08. The molecule has 8 nitrogen and oxygen atoms in total. The molecule has 0 saturated carbocycles. The quantitative estimate of drug-likeness (QED) is 0.174. The number of ketones is 2. The van der Waals surface area contributed by atoms with E-state index in [4.69, 9.17) is 9.97 Å². The van der Waals surface area contributed by atoms with Crippen LogP contribution in [0.25, 0.3) is 44.8 Å². The maximum atomic E-state index is 12.0. The molecule has 2 aliphatic rings. The molecule has 4 N–H and O–H groups in total. The lowest BCUT2D eigenvalue weighted by Crippen LogP contribution is -2.01. The van der Waals surface area contributed by atoms with Crippen molar-refractivity contribution in [2.24, 2.45) is 0 Å². The number of benzene rings is 3. The second-order valence-electron chi connectivity index (χ2n) is 9.87. The molecule has 3 aromatic carbocycles. The Hall–Kier alpha value is -6.02. The van der Waals surface area contributed by atoms with E-state index >= 15 is 0 Å². The molecule has 5 aromatic rings. The first-order valence-corrected chi connectivity index (χ1v) is 13.4. The van der Waals surface area contributed by atoms with Crippen LogP contribution in [0.1, 0.15) is 0 Å². The first-order chi connectivity index (χ1) is 20.6. The zero-order valence-corrected chi connectivity index (χ0v) is 22.3. The summed E-state index contributed by atoms with van der Waals surface area (Å²) in [6.45, 7) is 0. The molecule has 0 aliphatic heterocycles. The normalized spacial score (nSPS) is 16.4. The lowest BCUT2D eigenvalue weighted by molar-refractivity contribution is -0.111. The first-order valence-electron chi connectivity index (χ1n) is 13.4. The monoisotopic (exact) mass is 548 g/mol. The molecule has 7 rings (SSSR count). The summed E-state index contributed by atoms with van der Waals surface area (Å²) in [5, 5.41) is 6.40. The molecule has 8 heteroatoms. The van der Waals surface area contributed by atoms with Gasteiger partial charge in [0, 0.05) is 46.0 Å². The molecule has 0 spiro atoms. The minimum absolute atomic E-state index is 0.0277. The number of allylic oxidation sites excluding steroid dienone is 10. The van der Waals surface area contributed by atoms with Crippen LogP contribution in [0, 0.1) is 0 Å². The van der Waals surface area contributed by atoms with Crippen LogP contribution in [-0.2, 0) is 9.59 Å². The number of fused-ring (bicyclic) bond motifs is 2. The average Bonchev–Trinajstić information content (AvgIpc) is 3.64. The number of carbonyl (C=O) groups excluding carboxylic acids is 2. The Morgan fingerprint density at radius 3 is 1.40 bits per heavy atom. The van der Waals surface area contributed by atoms with E-state index in [-0.39, 0.29) is 11.6 Å². The van der Waals surface area contributed by atoms with Gasteiger partial charge in [-0.25, -0.2) is 9.97 Å². The summed E-state index contributed by atoms with van der Waals surface area (Å²) < 4.78 is 0. The summed E-state index contributed by atoms with van der Waals surface area (Å²) in [6, 6.07) is 19.8. The van der Waals surface area contributed by atoms with Crippen molar-refractivity contribution >= 4 is 45.0 Å². The van der Waals surface area contributed by atoms with E-state index in [0.717, 1.165) is 56.2 Å². The number of carbonyl (C=O) groups is 2. The SMILES string of the molecule is O=C1C=CC=C/C1=C\Nc1ccc2nc(-c3ccc(-c4nc5ccc(N/C=C6\C=CC=CC6=O)cc5[nH]4)cc3)[nH]c2c1. The number of imidazole rings is 2. The number of hydrogen-bond acceptors (Lipinski definition) is 6. The average molecular weight is 549 g/mol. The number of nitrogens with one attached hydrogen (secondary N) is 4. The molecule has 42 heavy (non-hydrogen) atoms. The fourth-order valence-corrected chi connectivity index (χ4v) is 4.78. The predicted molar refractivity (Wildman–Crippen MR) is 167 cm³/mol. The smallest absolute Gasteiger partial charge is 0.187 e. The first kappa shape index (κ1) is 25.0. The highest BCUT2D eigenvalue weighted by Gasteiger charge is 2.11. The van der Waals surface area contributed by atoms with Crippen LogP contribution in [0.3, 0.4) is 0 Å². The number of aromatic amines is 2. The molecule has 2 heterocycles. The van der Waals surface area contributed by atoms with Crippen molar-refractivity contribution in [3.63, 3.8) is 0 Å². The predicted octanol–water partition coefficient (Wildman–Crippen LogP) is 6.76. The molecule has 0 saturated heterocycles. The Morgan fingerprint density at radius 2 is 0.976 bits per heavy atom. The zero-order chi connectivity index (χ0) is 28.5. The Bertz CT molecular complexity index is 1920. The van der Waals surface area contributed by atoms with E-state index in [2.05, 4.69) is 20.6 Å². The van der Waals surface area contributed by atoms with Crippen LogP contribution >= 0.6 is 0 Å². The molecule has 0 radical (unpaired) electrons. The van der Waals surface area contributed by atoms with Crippen LogP contribution in [0.5, 0.6) is 0 Å². The maximum absolute atomic E-state index is 12.0. The number of anilines is 2. The molecule has 0 unspecified atom stereocenters. The second kappa shape index (κ2) is 10.5. The van der Waals surface area contributed by atoms with Gasteiger partial charge in [0.15, 0.2) is 11.6 Å². The van der Waals surface area contributed by atoms with E-state index < -0.39 is 0 Å². The van der Waals surface area contributed by atoms with Crippen molar-refractivity contribution in [1.82, 2.24) is 19.9 Å². The summed E-state index contributed by atoms with van der Waals surface area (Å²) in [5.41, 5.74) is 8.29. The molecular weight excluding hydrogens is 524 g/mol. The van der Waals surface area contributed by atoms with Gasteiger partial charge in [-0.2, -0.15) is 0 Å². The van der Waals surface area contributed by atoms with Gasteiger partial charge in [-0.15, -0.1) is 0 Å². The van der Waals surface area contributed by atoms with Gasteiger partial charge in [0.05, 0.1) is 22.1 Å². The van der Waals surface area contributed by atoms with Gasteiger partial charge in [-0.1, -0.05) is 48.6 Å². The standard InChI is InChI=1S/C34H24N6O2/c41-31-7-3-1-5-23(31)19-35-25-13-15-27-29(17-25)39-33(37-27)21-9-11-22(12-10-21)34-38-28-16-14-26(18-30(28)40-34)36-20-24-6-2-4-8-32(24)42/h1-20,35-36H,(H,37,39)(H,38,40)/b23-19+,24-20+. The van der Waals surface area contributed by atoms with Crippen molar-refractivity contribution in [3.05, 3.63) is 133 Å². The highest BCUT2D eigenvalue weighted by Crippen LogP contribution is 2.27. The number of nitrogens with zero attached hydrogens (tertiary/aromatic N) is 2. The molecular formula is C34H24N6O2. The summed E-state index contributed by atoms with van der Waals surface area (Å²) in [6.07, 6.45) is 17.2. The van der Waals surface area contributed by atoms with E-state index in [1.807, 2.05) is 72.8 Å². The second-order valence-corrected chi connectivity index (χ2v) is 9.87. The fraction of sp³-hybridized carbons (Fsp3) is 0. The topological polar surface area (TPSA) is 116 Å². The van der Waals surface area contributed by atoms with Gasteiger partial charge in [0.25, 0.3) is 0 Å². The minimum atomic E-state index is -0.0277. The number of H-pyrrole nitrogens is 2. The van der Waals surface area contributed by atoms with Gasteiger partial charge in [0.2, 0.25) is 0 Å². The number of aromatic nitrogens is 4. The highest BCUT2D eigenvalue weighted by molar-refractivity contribution is 6.08. The van der Waals surface area contributed by atoms with Crippen molar-refractivity contribution < 1.29 is 9.59 Å². The van der Waals surface area contributed by atoms with Gasteiger partial charge >= 0.3 is 0 Å². The molecule has 0 fully saturated rings. The van der Waals surface area contributed by atoms with Crippen LogP contribution in [-0.4, -0.2) is 31.5 Å². The summed E-state index contributed by atoms with van der Waals surface area (Å²) in [4.78, 5) is 40.2. The van der Waals surface area contributed by atoms with Crippen LogP contribution in [0.15, 0.2) is 133 Å². The Labute approximate surface area is 240 Å². The van der Waals surface area contributed by atoms with E-state index in [1.54, 1.807) is 48.9 Å². The van der Waals surface area contributed by atoms with Crippen LogP contribution < -0.4 is 10.6 Å². The summed E-state index contributed by atoms with van der Waals surface area (Å²) >= 11 is 0. The van der Waals surface area contributed by atoms with Gasteiger partial charge < -0.3 is 20.6 Å². The highest BCUT2D eigenvalue weighted by atomic mass is 16.1. The molecule has 0 amide bonds. The third kappa shape index (κ3) is 5.00. The van der Waals surface area contributed by atoms with E-state index in [1.165, 1.54) is 0 Å². The summed E-state index contributed by atoms with van der Waals surface area (Å²) in [7, 11) is 0. The van der Waals surface area contributed by atoms with Crippen molar-refractivity contribution in [2.75, 3.05) is 10.6 Å².